The molecule has 0 spiro atoms. The Morgan fingerprint density at radius 3 is 2.20 bits per heavy atom. The van der Waals surface area contributed by atoms with Crippen molar-refractivity contribution in [2.75, 3.05) is 23.3 Å². The van der Waals surface area contributed by atoms with Crippen LogP contribution in [-0.4, -0.2) is 28.8 Å². The van der Waals surface area contributed by atoms with Crippen LogP contribution in [0.4, 0.5) is 11.4 Å². The number of nitrogens with zero attached hydrogens (tertiary/aromatic N) is 3. The molecule has 30 heavy (non-hydrogen) atoms. The van der Waals surface area contributed by atoms with Gasteiger partial charge in [0.05, 0.1) is 16.9 Å². The minimum absolute atomic E-state index is 0.0958. The Hall–Kier alpha value is -2.83. The van der Waals surface area contributed by atoms with Crippen molar-refractivity contribution in [2.24, 2.45) is 0 Å². The predicted molar refractivity (Wildman–Crippen MR) is 120 cm³/mol. The predicted octanol–water partition coefficient (Wildman–Crippen LogP) is 4.78. The molecule has 1 aliphatic heterocycles. The molecule has 154 valence electrons. The van der Waals surface area contributed by atoms with Gasteiger partial charge in [0.1, 0.15) is 5.02 Å². The van der Waals surface area contributed by atoms with Crippen molar-refractivity contribution >= 4 is 40.5 Å². The molecule has 0 bridgehead atoms. The number of nitrogens with one attached hydrogen (secondary N) is 1. The molecule has 8 heteroatoms. The first-order chi connectivity index (χ1) is 14.5. The summed E-state index contributed by atoms with van der Waals surface area (Å²) in [4.78, 5) is 27.1. The Bertz CT molecular complexity index is 1110. The first-order valence-electron chi connectivity index (χ1n) is 9.73. The second-order valence-corrected chi connectivity index (χ2v) is 7.90. The average molecular weight is 443 g/mol. The number of hydrogen-bond donors (Lipinski definition) is 1. The highest BCUT2D eigenvalue weighted by atomic mass is 35.5. The fourth-order valence-corrected chi connectivity index (χ4v) is 3.71. The van der Waals surface area contributed by atoms with Gasteiger partial charge in [0, 0.05) is 30.0 Å². The molecular weight excluding hydrogens is 423 g/mol. The number of anilines is 2. The summed E-state index contributed by atoms with van der Waals surface area (Å²) in [6.07, 6.45) is 5.04. The van der Waals surface area contributed by atoms with Crippen molar-refractivity contribution in [2.45, 2.75) is 19.3 Å². The number of carbonyl (C=O) groups is 1. The summed E-state index contributed by atoms with van der Waals surface area (Å²) in [5, 5.41) is 6.88. The van der Waals surface area contributed by atoms with Gasteiger partial charge in [-0.05, 0) is 67.8 Å². The van der Waals surface area contributed by atoms with Crippen LogP contribution in [0.1, 0.15) is 29.6 Å². The first kappa shape index (κ1) is 20.4. The molecule has 0 aliphatic carbocycles. The molecule has 0 unspecified atom stereocenters. The number of hydrogen-bond acceptors (Lipinski definition) is 4. The van der Waals surface area contributed by atoms with E-state index in [9.17, 15) is 9.59 Å². The summed E-state index contributed by atoms with van der Waals surface area (Å²) in [5.74, 6) is -0.235. The summed E-state index contributed by atoms with van der Waals surface area (Å²) >= 11 is 11.7. The van der Waals surface area contributed by atoms with Crippen LogP contribution in [0.2, 0.25) is 10.0 Å². The van der Waals surface area contributed by atoms with Crippen molar-refractivity contribution in [3.8, 4) is 5.69 Å². The first-order valence-corrected chi connectivity index (χ1v) is 10.5. The fraction of sp³-hybridized carbons (Fsp3) is 0.227. The van der Waals surface area contributed by atoms with Gasteiger partial charge in [-0.2, -0.15) is 9.78 Å². The van der Waals surface area contributed by atoms with E-state index in [4.69, 9.17) is 23.2 Å². The number of benzene rings is 2. The quantitative estimate of drug-likeness (QED) is 0.630. The standard InChI is InChI=1S/C22H20Cl2N4O2/c23-19-14-25-28(22(30)20(19)24)18-8-4-15(5-9-18)21(29)26-16-6-10-17(11-7-16)27-12-2-1-3-13-27/h4-11,14H,1-3,12-13H2,(H,26,29). The van der Waals surface area contributed by atoms with Crippen LogP contribution in [-0.2, 0) is 0 Å². The molecule has 6 nitrogen and oxygen atoms in total. The number of piperidine rings is 1. The van der Waals surface area contributed by atoms with Crippen LogP contribution in [0.25, 0.3) is 5.69 Å². The SMILES string of the molecule is O=C(Nc1ccc(N2CCCCC2)cc1)c1ccc(-n2ncc(Cl)c(Cl)c2=O)cc1. The maximum absolute atomic E-state index is 12.6. The van der Waals surface area contributed by atoms with Gasteiger partial charge < -0.3 is 10.2 Å². The molecule has 1 N–H and O–H groups in total. The Morgan fingerprint density at radius 2 is 1.53 bits per heavy atom. The lowest BCUT2D eigenvalue weighted by Crippen LogP contribution is -2.29. The second kappa shape index (κ2) is 8.90. The summed E-state index contributed by atoms with van der Waals surface area (Å²) < 4.78 is 1.13. The van der Waals surface area contributed by atoms with Gasteiger partial charge in [0.15, 0.2) is 0 Å². The molecular formula is C22H20Cl2N4O2. The summed E-state index contributed by atoms with van der Waals surface area (Å²) in [7, 11) is 0. The van der Waals surface area contributed by atoms with Crippen molar-refractivity contribution in [1.82, 2.24) is 9.78 Å². The van der Waals surface area contributed by atoms with Gasteiger partial charge in [0.2, 0.25) is 0 Å². The highest BCUT2D eigenvalue weighted by Crippen LogP contribution is 2.22. The van der Waals surface area contributed by atoms with E-state index in [0.29, 0.717) is 11.3 Å². The van der Waals surface area contributed by atoms with E-state index in [-0.39, 0.29) is 16.0 Å². The zero-order valence-corrected chi connectivity index (χ0v) is 17.7. The molecule has 0 radical (unpaired) electrons. The number of carbonyl (C=O) groups excluding carboxylic acids is 1. The molecule has 1 fully saturated rings. The monoisotopic (exact) mass is 442 g/mol. The maximum atomic E-state index is 12.6. The molecule has 4 rings (SSSR count). The molecule has 0 saturated carbocycles. The van der Waals surface area contributed by atoms with E-state index >= 15 is 0 Å². The van der Waals surface area contributed by atoms with E-state index in [1.807, 2.05) is 24.3 Å². The van der Waals surface area contributed by atoms with Crippen LogP contribution in [0.3, 0.4) is 0 Å². The van der Waals surface area contributed by atoms with Crippen LogP contribution in [0.5, 0.6) is 0 Å². The molecule has 1 saturated heterocycles. The number of amides is 1. The van der Waals surface area contributed by atoms with Crippen molar-refractivity contribution < 1.29 is 4.79 Å². The molecule has 0 atom stereocenters. The molecule has 2 aromatic carbocycles. The summed E-state index contributed by atoms with van der Waals surface area (Å²) in [6.45, 7) is 2.16. The van der Waals surface area contributed by atoms with Crippen LogP contribution < -0.4 is 15.8 Å². The van der Waals surface area contributed by atoms with E-state index in [2.05, 4.69) is 15.3 Å². The maximum Gasteiger partial charge on any atom is 0.291 e. The molecule has 2 heterocycles. The lowest BCUT2D eigenvalue weighted by molar-refractivity contribution is 0.102. The second-order valence-electron chi connectivity index (χ2n) is 7.12. The normalized spacial score (nSPS) is 13.9. The van der Waals surface area contributed by atoms with E-state index < -0.39 is 5.56 Å². The third-order valence-corrected chi connectivity index (χ3v) is 5.85. The van der Waals surface area contributed by atoms with Gasteiger partial charge in [-0.25, -0.2) is 0 Å². The topological polar surface area (TPSA) is 67.2 Å². The third-order valence-electron chi connectivity index (χ3n) is 5.10. The Balaban J connectivity index is 1.45. The Labute approximate surface area is 184 Å². The lowest BCUT2D eigenvalue weighted by Gasteiger charge is -2.28. The molecule has 3 aromatic rings. The molecule has 1 aliphatic rings. The van der Waals surface area contributed by atoms with Crippen molar-refractivity contribution in [1.29, 1.82) is 0 Å². The highest BCUT2D eigenvalue weighted by Gasteiger charge is 2.13. The third kappa shape index (κ3) is 4.35. The van der Waals surface area contributed by atoms with Crippen LogP contribution in [0, 0.1) is 0 Å². The lowest BCUT2D eigenvalue weighted by atomic mass is 10.1. The number of halogens is 2. The van der Waals surface area contributed by atoms with Crippen molar-refractivity contribution in [3.63, 3.8) is 0 Å². The van der Waals surface area contributed by atoms with Gasteiger partial charge in [0.25, 0.3) is 11.5 Å². The smallest absolute Gasteiger partial charge is 0.291 e. The van der Waals surface area contributed by atoms with Gasteiger partial charge in [-0.1, -0.05) is 23.2 Å². The van der Waals surface area contributed by atoms with Crippen LogP contribution in [0.15, 0.2) is 59.5 Å². The van der Waals surface area contributed by atoms with E-state index in [1.54, 1.807) is 24.3 Å². The zero-order chi connectivity index (χ0) is 21.1. The van der Waals surface area contributed by atoms with Gasteiger partial charge >= 0.3 is 0 Å². The zero-order valence-electron chi connectivity index (χ0n) is 16.1. The van der Waals surface area contributed by atoms with E-state index in [1.165, 1.54) is 31.1 Å². The van der Waals surface area contributed by atoms with Gasteiger partial charge in [-0.3, -0.25) is 9.59 Å². The van der Waals surface area contributed by atoms with Crippen molar-refractivity contribution in [3.05, 3.63) is 80.7 Å². The molecule has 1 amide bonds. The fourth-order valence-electron chi connectivity index (χ4n) is 3.46. The summed E-state index contributed by atoms with van der Waals surface area (Å²) in [5.41, 5.74) is 2.34. The number of aromatic nitrogens is 2. The average Bonchev–Trinajstić information content (AvgIpc) is 2.79. The van der Waals surface area contributed by atoms with Gasteiger partial charge in [-0.15, -0.1) is 0 Å². The minimum Gasteiger partial charge on any atom is -0.372 e. The largest absolute Gasteiger partial charge is 0.372 e. The molecule has 1 aromatic heterocycles. The Morgan fingerprint density at radius 1 is 0.900 bits per heavy atom. The highest BCUT2D eigenvalue weighted by molar-refractivity contribution is 6.41. The van der Waals surface area contributed by atoms with E-state index in [0.717, 1.165) is 23.5 Å². The summed E-state index contributed by atoms with van der Waals surface area (Å²) in [6, 6.07) is 14.4. The van der Waals surface area contributed by atoms with Crippen LogP contribution >= 0.6 is 23.2 Å². The minimum atomic E-state index is -0.518. The Kier molecular flexibility index (Phi) is 6.06. The number of rotatable bonds is 4.